The third-order valence-electron chi connectivity index (χ3n) is 12.8. The zero-order valence-corrected chi connectivity index (χ0v) is 46.3. The largest absolute Gasteiger partial charge is 0.370 e. The van der Waals surface area contributed by atoms with Gasteiger partial charge in [-0.1, -0.05) is 0 Å². The molecular weight excluding hydrogens is 1040 g/mol. The topological polar surface area (TPSA) is 584 Å². The first-order valence-corrected chi connectivity index (χ1v) is 27.7. The van der Waals surface area contributed by atoms with Crippen LogP contribution in [0.4, 0.5) is 0 Å². The van der Waals surface area contributed by atoms with E-state index in [9.17, 15) is 38.4 Å². The summed E-state index contributed by atoms with van der Waals surface area (Å²) in [6.45, 7) is 1.42. The second kappa shape index (κ2) is 41.7. The minimum atomic E-state index is -1.37. The molecule has 1 aliphatic rings. The first-order chi connectivity index (χ1) is 38.2. The Hall–Kier alpha value is -7.32. The first-order valence-electron chi connectivity index (χ1n) is 27.7. The fraction of sp³-hybridized carbons (Fsp3) is 0.750. The normalized spacial score (nSPS) is 22.1. The van der Waals surface area contributed by atoms with Gasteiger partial charge in [0.25, 0.3) is 0 Å². The Morgan fingerprint density at radius 3 is 0.537 bits per heavy atom. The van der Waals surface area contributed by atoms with Crippen LogP contribution in [0.5, 0.6) is 0 Å². The molecule has 1 heterocycles. The van der Waals surface area contributed by atoms with E-state index in [0.29, 0.717) is 51.4 Å². The second-order valence-corrected chi connectivity index (χ2v) is 19.6. The average molecular weight is 1140 g/mol. The number of carbonyl (C=O) groups is 8. The number of hydrogen-bond donors (Lipinski definition) is 24. The summed E-state index contributed by atoms with van der Waals surface area (Å²) in [5.74, 6) is -7.80. The van der Waals surface area contributed by atoms with Gasteiger partial charge in [0.2, 0.25) is 47.3 Å². The highest BCUT2D eigenvalue weighted by Gasteiger charge is 2.36. The van der Waals surface area contributed by atoms with E-state index in [2.05, 4.69) is 63.8 Å². The van der Waals surface area contributed by atoms with Crippen molar-refractivity contribution in [2.24, 2.45) is 45.9 Å². The van der Waals surface area contributed by atoms with Crippen LogP contribution >= 0.6 is 0 Å². The van der Waals surface area contributed by atoms with E-state index in [1.165, 1.54) is 0 Å². The highest BCUT2D eigenvalue weighted by molar-refractivity contribution is 5.99. The molecule has 1 fully saturated rings. The molecule has 0 radical (unpaired) electrons. The van der Waals surface area contributed by atoms with Gasteiger partial charge in [-0.05, 0) is 155 Å². The van der Waals surface area contributed by atoms with Crippen molar-refractivity contribution in [3.63, 3.8) is 0 Å². The summed E-state index contributed by atoms with van der Waals surface area (Å²) in [5.41, 5.74) is 45.3. The Morgan fingerprint density at radius 2 is 0.412 bits per heavy atom. The first kappa shape index (κ1) is 70.7. The zero-order chi connectivity index (χ0) is 59.8. The molecule has 0 unspecified atom stereocenters. The molecule has 0 spiro atoms. The highest BCUT2D eigenvalue weighted by atomic mass is 16.2. The number of amides is 8. The van der Waals surface area contributed by atoms with Crippen molar-refractivity contribution in [3.8, 4) is 0 Å². The Bertz CT molecular complexity index is 1790. The minimum Gasteiger partial charge on any atom is -0.370 e. The average Bonchev–Trinajstić information content (AvgIpc) is 3.39. The van der Waals surface area contributed by atoms with Gasteiger partial charge in [-0.3, -0.25) is 60.0 Å². The van der Waals surface area contributed by atoms with Crippen LogP contribution in [0.25, 0.3) is 0 Å². The zero-order valence-electron chi connectivity index (χ0n) is 46.3. The Labute approximate surface area is 468 Å². The fourth-order valence-corrected chi connectivity index (χ4v) is 8.42. The summed E-state index contributed by atoms with van der Waals surface area (Å²) < 4.78 is 0. The lowest BCUT2D eigenvalue weighted by Gasteiger charge is -2.29. The lowest BCUT2D eigenvalue weighted by atomic mass is 10.0. The van der Waals surface area contributed by atoms with Gasteiger partial charge in [-0.25, -0.2) is 0 Å². The molecule has 80 heavy (non-hydrogen) atoms. The SMILES string of the molecule is N=C(N)NCCC[C@@H]1NC(=O)[C@H](CCCCN)NC(=O)[C@H](CCCCN)NC(=O)[C@H](CCCNC(=N)N)NC(=O)[C@H](CCCNC(=N)N)NC(=O)[C@H](CCCCN)NC(=O)[C@H](CCCCN)NC(=O)[C@H](CCCNC(=N)N)NC1=O. The van der Waals surface area contributed by atoms with Crippen LogP contribution in [-0.2, 0) is 38.4 Å². The number of unbranched alkanes of at least 4 members (excludes halogenated alkanes) is 4. The maximum absolute atomic E-state index is 14.5. The molecule has 0 saturated carbocycles. The predicted molar refractivity (Wildman–Crippen MR) is 304 cm³/mol. The molecule has 1 rings (SSSR count). The number of nitrogens with two attached hydrogens (primary N) is 8. The van der Waals surface area contributed by atoms with Crippen molar-refractivity contribution in [1.29, 1.82) is 21.6 Å². The van der Waals surface area contributed by atoms with E-state index >= 15 is 0 Å². The van der Waals surface area contributed by atoms with Crippen LogP contribution in [0.15, 0.2) is 0 Å². The third-order valence-corrected chi connectivity index (χ3v) is 12.8. The number of carbonyl (C=O) groups excluding carboxylic acids is 8. The van der Waals surface area contributed by atoms with Crippen LogP contribution in [0.2, 0.25) is 0 Å². The molecule has 8 amide bonds. The number of hydrogen-bond acceptors (Lipinski definition) is 16. The van der Waals surface area contributed by atoms with E-state index < -0.39 is 95.6 Å². The van der Waals surface area contributed by atoms with Gasteiger partial charge < -0.3 is 110 Å². The Morgan fingerprint density at radius 1 is 0.275 bits per heavy atom. The molecule has 0 aromatic carbocycles. The van der Waals surface area contributed by atoms with Crippen molar-refractivity contribution < 1.29 is 38.4 Å². The van der Waals surface area contributed by atoms with Gasteiger partial charge in [0, 0.05) is 26.2 Å². The van der Waals surface area contributed by atoms with Crippen LogP contribution < -0.4 is 110 Å². The summed E-state index contributed by atoms with van der Waals surface area (Å²) in [4.78, 5) is 116. The van der Waals surface area contributed by atoms with Gasteiger partial charge in [-0.2, -0.15) is 0 Å². The van der Waals surface area contributed by atoms with E-state index in [4.69, 9.17) is 67.5 Å². The molecule has 0 aromatic rings. The highest BCUT2D eigenvalue weighted by Crippen LogP contribution is 2.12. The maximum Gasteiger partial charge on any atom is 0.243 e. The molecule has 0 aromatic heterocycles. The molecule has 32 heteroatoms. The Balaban J connectivity index is 4.24. The summed E-state index contributed by atoms with van der Waals surface area (Å²) >= 11 is 0. The van der Waals surface area contributed by atoms with Crippen molar-refractivity contribution in [3.05, 3.63) is 0 Å². The van der Waals surface area contributed by atoms with Crippen LogP contribution in [0.1, 0.15) is 128 Å². The van der Waals surface area contributed by atoms with E-state index in [1.54, 1.807) is 0 Å². The third kappa shape index (κ3) is 31.3. The standard InChI is InChI=1S/C48H96N24O8/c49-21-5-1-13-29-37(73)65-31(15-3-7-23-51)39(75)69-36(20-12-28-64-48(59)60)44(80)72-34(18-10-26-62-46(55)56)42(78)68-30(14-2-6-22-50)38(74)66-32(16-4-8-24-52)40(76)70-35(19-11-27-63-47(57)58)43(79)71-33(41(77)67-29)17-9-25-61-45(53)54/h29-36H,1-28,49-52H2,(H,65,73)(H,66,74)(H,67,77)(H,68,78)(H,69,75)(H,70,76)(H,71,79)(H,72,80)(H4,53,54,61)(H4,55,56,62)(H4,57,58,63)(H4,59,60,64)/t29-,30-,31-,32-,33-,34-,35-,36-/m0/s1. The second-order valence-electron chi connectivity index (χ2n) is 19.6. The van der Waals surface area contributed by atoms with Gasteiger partial charge in [0.05, 0.1) is 0 Å². The molecule has 1 saturated heterocycles. The predicted octanol–water partition coefficient (Wildman–Crippen LogP) is -6.55. The van der Waals surface area contributed by atoms with E-state index in [-0.39, 0.29) is 153 Å². The fourth-order valence-electron chi connectivity index (χ4n) is 8.42. The van der Waals surface area contributed by atoms with Crippen molar-refractivity contribution in [2.45, 2.75) is 177 Å². The van der Waals surface area contributed by atoms with Crippen LogP contribution in [0.3, 0.4) is 0 Å². The minimum absolute atomic E-state index is 0.0328. The van der Waals surface area contributed by atoms with E-state index in [0.717, 1.165) is 0 Å². The van der Waals surface area contributed by atoms with Crippen LogP contribution in [0, 0.1) is 21.6 Å². The number of nitrogens with one attached hydrogen (secondary N) is 16. The number of guanidine groups is 4. The molecule has 32 N–H and O–H groups in total. The maximum atomic E-state index is 14.5. The summed E-state index contributed by atoms with van der Waals surface area (Å²) in [6, 6.07) is -10.7. The summed E-state index contributed by atoms with van der Waals surface area (Å²) in [5, 5.41) is 62.9. The molecular formula is C48H96N24O8. The number of rotatable bonds is 32. The van der Waals surface area contributed by atoms with Gasteiger partial charge in [0.15, 0.2) is 23.8 Å². The van der Waals surface area contributed by atoms with Crippen molar-refractivity contribution >= 4 is 71.1 Å². The van der Waals surface area contributed by atoms with Crippen molar-refractivity contribution in [2.75, 3.05) is 52.4 Å². The van der Waals surface area contributed by atoms with E-state index in [1.807, 2.05) is 0 Å². The smallest absolute Gasteiger partial charge is 0.243 e. The summed E-state index contributed by atoms with van der Waals surface area (Å²) in [6.07, 6.45) is 3.68. The summed E-state index contributed by atoms with van der Waals surface area (Å²) in [7, 11) is 0. The van der Waals surface area contributed by atoms with Gasteiger partial charge in [0.1, 0.15) is 48.3 Å². The van der Waals surface area contributed by atoms with Gasteiger partial charge in [-0.15, -0.1) is 0 Å². The molecule has 1 aliphatic heterocycles. The molecule has 32 nitrogen and oxygen atoms in total. The molecule has 0 bridgehead atoms. The Kier molecular flexibility index (Phi) is 36.8. The lowest BCUT2D eigenvalue weighted by molar-refractivity contribution is -0.137. The van der Waals surface area contributed by atoms with Crippen molar-refractivity contribution in [1.82, 2.24) is 63.8 Å². The van der Waals surface area contributed by atoms with Crippen LogP contribution in [-0.4, -0.2) is 172 Å². The monoisotopic (exact) mass is 1140 g/mol. The molecule has 8 atom stereocenters. The van der Waals surface area contributed by atoms with Gasteiger partial charge >= 0.3 is 0 Å². The molecule has 456 valence electrons. The molecule has 0 aliphatic carbocycles. The quantitative estimate of drug-likeness (QED) is 0.0169. The lowest BCUT2D eigenvalue weighted by Crippen LogP contribution is -2.61.